The highest BCUT2D eigenvalue weighted by molar-refractivity contribution is 7.89. The van der Waals surface area contributed by atoms with Crippen LogP contribution in [-0.2, 0) is 16.6 Å². The van der Waals surface area contributed by atoms with Crippen LogP contribution in [0.4, 0.5) is 0 Å². The molecule has 1 rings (SSSR count). The number of aromatic nitrogens is 1. The minimum Gasteiger partial charge on any atom is -0.363 e. The fourth-order valence-corrected chi connectivity index (χ4v) is 2.77. The van der Waals surface area contributed by atoms with Gasteiger partial charge in [0.25, 0.3) is 0 Å². The second-order valence-electron chi connectivity index (χ2n) is 6.25. The van der Waals surface area contributed by atoms with E-state index in [9.17, 15) is 8.42 Å². The van der Waals surface area contributed by atoms with Gasteiger partial charge in [0.05, 0.1) is 4.90 Å². The predicted molar refractivity (Wildman–Crippen MR) is 82.1 cm³/mol. The van der Waals surface area contributed by atoms with E-state index in [-0.39, 0.29) is 5.41 Å². The van der Waals surface area contributed by atoms with Crippen LogP contribution in [0, 0.1) is 5.41 Å². The van der Waals surface area contributed by atoms with Crippen molar-refractivity contribution in [3.63, 3.8) is 0 Å². The van der Waals surface area contributed by atoms with Gasteiger partial charge in [-0.25, -0.2) is 13.1 Å². The van der Waals surface area contributed by atoms with E-state index in [0.29, 0.717) is 18.0 Å². The second kappa shape index (κ2) is 7.24. The zero-order valence-corrected chi connectivity index (χ0v) is 13.7. The van der Waals surface area contributed by atoms with Gasteiger partial charge >= 0.3 is 0 Å². The number of hydrogen-bond donors (Lipinski definition) is 3. The summed E-state index contributed by atoms with van der Waals surface area (Å²) in [5, 5.41) is 3.23. The average Bonchev–Trinajstić information content (AvgIpc) is 2.77. The summed E-state index contributed by atoms with van der Waals surface area (Å²) < 4.78 is 26.9. The van der Waals surface area contributed by atoms with Gasteiger partial charge in [-0.1, -0.05) is 27.7 Å². The Bertz CT molecular complexity index is 501. The Hall–Kier alpha value is -0.850. The fraction of sp³-hybridized carbons (Fsp3) is 0.714. The molecule has 0 radical (unpaired) electrons. The van der Waals surface area contributed by atoms with Crippen molar-refractivity contribution in [2.45, 2.75) is 52.0 Å². The molecule has 0 saturated heterocycles. The first-order valence-electron chi connectivity index (χ1n) is 7.12. The van der Waals surface area contributed by atoms with E-state index in [2.05, 4.69) is 42.7 Å². The number of sulfonamides is 1. The number of hydrogen-bond acceptors (Lipinski definition) is 3. The molecule has 0 atom stereocenters. The van der Waals surface area contributed by atoms with Crippen LogP contribution in [0.25, 0.3) is 0 Å². The summed E-state index contributed by atoms with van der Waals surface area (Å²) >= 11 is 0. The van der Waals surface area contributed by atoms with Gasteiger partial charge in [-0.15, -0.1) is 0 Å². The molecule has 0 aliphatic rings. The molecule has 1 heterocycles. The molecule has 0 aromatic carbocycles. The summed E-state index contributed by atoms with van der Waals surface area (Å²) in [4.78, 5) is 3.30. The molecule has 6 heteroatoms. The quantitative estimate of drug-likeness (QED) is 0.645. The highest BCUT2D eigenvalue weighted by Crippen LogP contribution is 2.18. The zero-order chi connectivity index (χ0) is 15.2. The van der Waals surface area contributed by atoms with Crippen molar-refractivity contribution in [2.24, 2.45) is 5.41 Å². The number of aromatic amines is 1. The van der Waals surface area contributed by atoms with Crippen molar-refractivity contribution in [1.29, 1.82) is 0 Å². The third-order valence-electron chi connectivity index (χ3n) is 2.94. The van der Waals surface area contributed by atoms with Crippen LogP contribution in [0.1, 0.15) is 46.2 Å². The Morgan fingerprint density at radius 2 is 1.95 bits per heavy atom. The normalized spacial score (nSPS) is 12.8. The van der Waals surface area contributed by atoms with Gasteiger partial charge in [0.1, 0.15) is 0 Å². The van der Waals surface area contributed by atoms with Gasteiger partial charge in [-0.3, -0.25) is 0 Å². The standard InChI is InChI=1S/C14H27N3O2S/c1-5-7-15-10-12-9-13(11-16-12)20(18,19)17-8-6-14(2,3)4/h9,11,15-17H,5-8,10H2,1-4H3. The Kier molecular flexibility index (Phi) is 6.23. The molecular weight excluding hydrogens is 274 g/mol. The van der Waals surface area contributed by atoms with E-state index in [1.807, 2.05) is 0 Å². The van der Waals surface area contributed by atoms with Gasteiger partial charge < -0.3 is 10.3 Å². The molecule has 1 aromatic heterocycles. The van der Waals surface area contributed by atoms with Gasteiger partial charge in [-0.2, -0.15) is 0 Å². The monoisotopic (exact) mass is 301 g/mol. The first-order valence-corrected chi connectivity index (χ1v) is 8.60. The maximum atomic E-state index is 12.1. The van der Waals surface area contributed by atoms with Crippen LogP contribution in [0.2, 0.25) is 0 Å². The number of rotatable bonds is 8. The first kappa shape index (κ1) is 17.2. The van der Waals surface area contributed by atoms with Gasteiger partial charge in [0, 0.05) is 25.0 Å². The summed E-state index contributed by atoms with van der Waals surface area (Å²) in [6, 6.07) is 1.68. The lowest BCUT2D eigenvalue weighted by molar-refractivity contribution is 0.378. The molecule has 1 aromatic rings. The highest BCUT2D eigenvalue weighted by Gasteiger charge is 2.17. The summed E-state index contributed by atoms with van der Waals surface area (Å²) in [6.45, 7) is 10.4. The lowest BCUT2D eigenvalue weighted by Gasteiger charge is -2.17. The maximum Gasteiger partial charge on any atom is 0.242 e. The SMILES string of the molecule is CCCNCc1cc(S(=O)(=O)NCCC(C)(C)C)c[nH]1. The average molecular weight is 301 g/mol. The fourth-order valence-electron chi connectivity index (χ4n) is 1.72. The summed E-state index contributed by atoms with van der Waals surface area (Å²) in [6.07, 6.45) is 3.41. The summed E-state index contributed by atoms with van der Waals surface area (Å²) in [7, 11) is -3.40. The molecule has 0 aliphatic carbocycles. The number of nitrogens with one attached hydrogen (secondary N) is 3. The Morgan fingerprint density at radius 3 is 2.55 bits per heavy atom. The molecule has 5 nitrogen and oxygen atoms in total. The van der Waals surface area contributed by atoms with Gasteiger partial charge in [-0.05, 0) is 30.9 Å². The molecule has 0 aliphatic heterocycles. The van der Waals surface area contributed by atoms with Crippen molar-refractivity contribution >= 4 is 10.0 Å². The molecular formula is C14H27N3O2S. The Labute approximate surface area is 122 Å². The topological polar surface area (TPSA) is 74.0 Å². The van der Waals surface area contributed by atoms with Crippen LogP contribution in [0.15, 0.2) is 17.2 Å². The molecule has 0 spiro atoms. The highest BCUT2D eigenvalue weighted by atomic mass is 32.2. The molecule has 20 heavy (non-hydrogen) atoms. The van der Waals surface area contributed by atoms with E-state index in [1.165, 1.54) is 0 Å². The van der Waals surface area contributed by atoms with Crippen molar-refractivity contribution < 1.29 is 8.42 Å². The molecule has 0 saturated carbocycles. The van der Waals surface area contributed by atoms with Crippen LogP contribution < -0.4 is 10.0 Å². The predicted octanol–water partition coefficient (Wildman–Crippen LogP) is 2.23. The maximum absolute atomic E-state index is 12.1. The van der Waals surface area contributed by atoms with E-state index in [4.69, 9.17) is 0 Å². The summed E-state index contributed by atoms with van der Waals surface area (Å²) in [5.74, 6) is 0. The zero-order valence-electron chi connectivity index (χ0n) is 12.9. The molecule has 0 unspecified atom stereocenters. The Balaban J connectivity index is 2.55. The van der Waals surface area contributed by atoms with Crippen LogP contribution in [0.5, 0.6) is 0 Å². The minimum absolute atomic E-state index is 0.121. The van der Waals surface area contributed by atoms with E-state index in [0.717, 1.165) is 25.1 Å². The Morgan fingerprint density at radius 1 is 1.25 bits per heavy atom. The van der Waals surface area contributed by atoms with Crippen molar-refractivity contribution in [3.8, 4) is 0 Å². The van der Waals surface area contributed by atoms with Gasteiger partial charge in [0.15, 0.2) is 0 Å². The third-order valence-corrected chi connectivity index (χ3v) is 4.38. The lowest BCUT2D eigenvalue weighted by Crippen LogP contribution is -2.27. The smallest absolute Gasteiger partial charge is 0.242 e. The van der Waals surface area contributed by atoms with Crippen molar-refractivity contribution in [2.75, 3.05) is 13.1 Å². The van der Waals surface area contributed by atoms with Crippen LogP contribution in [-0.4, -0.2) is 26.5 Å². The molecule has 0 amide bonds. The first-order chi connectivity index (χ1) is 9.24. The van der Waals surface area contributed by atoms with E-state index >= 15 is 0 Å². The van der Waals surface area contributed by atoms with Crippen molar-refractivity contribution in [1.82, 2.24) is 15.0 Å². The largest absolute Gasteiger partial charge is 0.363 e. The van der Waals surface area contributed by atoms with Crippen LogP contribution >= 0.6 is 0 Å². The third kappa shape index (κ3) is 6.07. The van der Waals surface area contributed by atoms with E-state index in [1.54, 1.807) is 12.3 Å². The number of H-pyrrole nitrogens is 1. The molecule has 0 fully saturated rings. The minimum atomic E-state index is -3.40. The van der Waals surface area contributed by atoms with Gasteiger partial charge in [0.2, 0.25) is 10.0 Å². The second-order valence-corrected chi connectivity index (χ2v) is 8.01. The molecule has 0 bridgehead atoms. The van der Waals surface area contributed by atoms with Crippen LogP contribution in [0.3, 0.4) is 0 Å². The van der Waals surface area contributed by atoms with Crippen molar-refractivity contribution in [3.05, 3.63) is 18.0 Å². The molecule has 3 N–H and O–H groups in total. The van der Waals surface area contributed by atoms with E-state index < -0.39 is 10.0 Å². The lowest BCUT2D eigenvalue weighted by atomic mass is 9.93. The summed E-state index contributed by atoms with van der Waals surface area (Å²) in [5.41, 5.74) is 1.00. The molecule has 116 valence electrons.